The molecule has 7 heteroatoms. The fraction of sp³-hybridized carbons (Fsp3) is 0.800. The molecule has 0 aliphatic heterocycles. The minimum atomic E-state index is -1.00. The molecular weight excluding hydrogens is 286 g/mol. The van der Waals surface area contributed by atoms with Crippen LogP contribution >= 0.6 is 0 Å². The average Bonchev–Trinajstić information content (AvgIpc) is 2.44. The number of carbonyl (C=O) groups is 3. The number of likely N-dealkylation sites (N-methyl/N-ethyl adjacent to an activating group) is 2. The minimum Gasteiger partial charge on any atom is -0.394 e. The Labute approximate surface area is 132 Å². The molecule has 0 saturated heterocycles. The average molecular weight is 315 g/mol. The molecule has 0 radical (unpaired) electrons. The van der Waals surface area contributed by atoms with Crippen molar-refractivity contribution in [2.24, 2.45) is 11.7 Å². The number of carbonyl (C=O) groups excluding carboxylic acids is 3. The number of nitrogens with two attached hydrogens (primary N) is 1. The van der Waals surface area contributed by atoms with E-state index >= 15 is 0 Å². The maximum absolute atomic E-state index is 12.5. The molecule has 22 heavy (non-hydrogen) atoms. The quantitative estimate of drug-likeness (QED) is 0.623. The standard InChI is InChI=1S/C15H29N3O4/c1-6-7-13(20)17(4)12(9-19)15(22)18(5)11(14(16)21)8-10(2)3/h10-12,19H,6-9H2,1-5H3,(H2,16,21)/t11-,12?/m0/s1. The third-order valence-corrected chi connectivity index (χ3v) is 3.62. The molecule has 0 spiro atoms. The van der Waals surface area contributed by atoms with Gasteiger partial charge >= 0.3 is 0 Å². The molecule has 3 amide bonds. The normalized spacial score (nSPS) is 13.6. The van der Waals surface area contributed by atoms with Crippen LogP contribution in [0.25, 0.3) is 0 Å². The van der Waals surface area contributed by atoms with Crippen molar-refractivity contribution in [2.75, 3.05) is 20.7 Å². The molecule has 0 aromatic heterocycles. The fourth-order valence-corrected chi connectivity index (χ4v) is 2.23. The lowest BCUT2D eigenvalue weighted by Crippen LogP contribution is -2.55. The summed E-state index contributed by atoms with van der Waals surface area (Å²) in [5.41, 5.74) is 5.37. The van der Waals surface area contributed by atoms with Crippen LogP contribution in [0.15, 0.2) is 0 Å². The first-order valence-electron chi connectivity index (χ1n) is 7.59. The summed E-state index contributed by atoms with van der Waals surface area (Å²) in [6, 6.07) is -1.76. The van der Waals surface area contributed by atoms with E-state index in [9.17, 15) is 19.5 Å². The number of hydrogen-bond acceptors (Lipinski definition) is 4. The summed E-state index contributed by atoms with van der Waals surface area (Å²) in [5, 5.41) is 9.48. The molecule has 128 valence electrons. The second kappa shape index (κ2) is 9.40. The molecule has 0 rings (SSSR count). The van der Waals surface area contributed by atoms with E-state index < -0.39 is 30.5 Å². The number of rotatable bonds is 9. The van der Waals surface area contributed by atoms with E-state index in [2.05, 4.69) is 0 Å². The van der Waals surface area contributed by atoms with Crippen LogP contribution < -0.4 is 5.73 Å². The lowest BCUT2D eigenvalue weighted by Gasteiger charge is -2.33. The van der Waals surface area contributed by atoms with Crippen molar-refractivity contribution in [3.8, 4) is 0 Å². The molecule has 3 N–H and O–H groups in total. The summed E-state index contributed by atoms with van der Waals surface area (Å²) in [6.45, 7) is 5.21. The highest BCUT2D eigenvalue weighted by molar-refractivity contribution is 5.91. The van der Waals surface area contributed by atoms with Gasteiger partial charge in [-0.15, -0.1) is 0 Å². The number of amides is 3. The van der Waals surface area contributed by atoms with Gasteiger partial charge < -0.3 is 20.6 Å². The molecule has 0 fully saturated rings. The van der Waals surface area contributed by atoms with Crippen LogP contribution in [0.5, 0.6) is 0 Å². The molecular formula is C15H29N3O4. The van der Waals surface area contributed by atoms with E-state index in [0.29, 0.717) is 19.3 Å². The largest absolute Gasteiger partial charge is 0.394 e. The van der Waals surface area contributed by atoms with Crippen molar-refractivity contribution in [1.82, 2.24) is 9.80 Å². The Hall–Kier alpha value is -1.63. The van der Waals surface area contributed by atoms with Crippen LogP contribution in [-0.4, -0.2) is 65.4 Å². The summed E-state index contributed by atoms with van der Waals surface area (Å²) in [7, 11) is 2.95. The van der Waals surface area contributed by atoms with Crippen molar-refractivity contribution in [2.45, 2.75) is 52.1 Å². The van der Waals surface area contributed by atoms with Crippen LogP contribution in [0.4, 0.5) is 0 Å². The Morgan fingerprint density at radius 2 is 1.64 bits per heavy atom. The van der Waals surface area contributed by atoms with Crippen molar-refractivity contribution in [3.63, 3.8) is 0 Å². The van der Waals surface area contributed by atoms with Crippen LogP contribution in [-0.2, 0) is 14.4 Å². The van der Waals surface area contributed by atoms with E-state index in [-0.39, 0.29) is 11.8 Å². The van der Waals surface area contributed by atoms with Gasteiger partial charge in [0.2, 0.25) is 17.7 Å². The van der Waals surface area contributed by atoms with Gasteiger partial charge in [0.05, 0.1) is 6.61 Å². The second-order valence-electron chi connectivity index (χ2n) is 5.95. The van der Waals surface area contributed by atoms with Crippen molar-refractivity contribution < 1.29 is 19.5 Å². The van der Waals surface area contributed by atoms with Crippen LogP contribution in [0, 0.1) is 5.92 Å². The lowest BCUT2D eigenvalue weighted by atomic mass is 10.0. The highest BCUT2D eigenvalue weighted by atomic mass is 16.3. The van der Waals surface area contributed by atoms with Gasteiger partial charge in [-0.2, -0.15) is 0 Å². The Morgan fingerprint density at radius 3 is 2.00 bits per heavy atom. The maximum Gasteiger partial charge on any atom is 0.248 e. The first kappa shape index (κ1) is 20.4. The van der Waals surface area contributed by atoms with Gasteiger partial charge in [-0.05, 0) is 18.8 Å². The fourth-order valence-electron chi connectivity index (χ4n) is 2.23. The molecule has 7 nitrogen and oxygen atoms in total. The zero-order chi connectivity index (χ0) is 17.4. The predicted octanol–water partition coefficient (Wildman–Crippen LogP) is -0.0358. The molecule has 0 aliphatic carbocycles. The highest BCUT2D eigenvalue weighted by Gasteiger charge is 2.33. The summed E-state index contributed by atoms with van der Waals surface area (Å²) < 4.78 is 0. The van der Waals surface area contributed by atoms with E-state index in [1.807, 2.05) is 20.8 Å². The molecule has 0 bridgehead atoms. The Bertz CT molecular complexity index is 398. The molecule has 2 atom stereocenters. The molecule has 0 aromatic rings. The zero-order valence-corrected chi connectivity index (χ0v) is 14.2. The third-order valence-electron chi connectivity index (χ3n) is 3.62. The number of primary amides is 1. The summed E-state index contributed by atoms with van der Waals surface area (Å²) in [4.78, 5) is 38.5. The molecule has 0 aliphatic rings. The predicted molar refractivity (Wildman–Crippen MR) is 83.8 cm³/mol. The Kier molecular flexibility index (Phi) is 8.70. The van der Waals surface area contributed by atoms with Gasteiger partial charge in [-0.3, -0.25) is 14.4 Å². The highest BCUT2D eigenvalue weighted by Crippen LogP contribution is 2.13. The molecule has 0 saturated carbocycles. The summed E-state index contributed by atoms with van der Waals surface area (Å²) in [6.07, 6.45) is 1.39. The van der Waals surface area contributed by atoms with Gasteiger partial charge in [0.15, 0.2) is 0 Å². The van der Waals surface area contributed by atoms with Gasteiger partial charge in [-0.25, -0.2) is 0 Å². The first-order valence-corrected chi connectivity index (χ1v) is 7.59. The molecule has 1 unspecified atom stereocenters. The van der Waals surface area contributed by atoms with E-state index in [1.165, 1.54) is 23.9 Å². The van der Waals surface area contributed by atoms with Gasteiger partial charge in [0.25, 0.3) is 0 Å². The number of aliphatic hydroxyl groups is 1. The molecule has 0 heterocycles. The second-order valence-corrected chi connectivity index (χ2v) is 5.95. The molecule has 0 aromatic carbocycles. The SMILES string of the molecule is CCCC(=O)N(C)C(CO)C(=O)N(C)[C@@H](CC(C)C)C(N)=O. The van der Waals surface area contributed by atoms with Crippen molar-refractivity contribution in [3.05, 3.63) is 0 Å². The maximum atomic E-state index is 12.5. The summed E-state index contributed by atoms with van der Waals surface area (Å²) in [5.74, 6) is -1.12. The van der Waals surface area contributed by atoms with Gasteiger partial charge in [0, 0.05) is 20.5 Å². The number of nitrogens with zero attached hydrogens (tertiary/aromatic N) is 2. The topological polar surface area (TPSA) is 104 Å². The van der Waals surface area contributed by atoms with Crippen molar-refractivity contribution in [1.29, 1.82) is 0 Å². The van der Waals surface area contributed by atoms with Crippen LogP contribution in [0.3, 0.4) is 0 Å². The van der Waals surface area contributed by atoms with Gasteiger partial charge in [-0.1, -0.05) is 20.8 Å². The lowest BCUT2D eigenvalue weighted by molar-refractivity contribution is -0.148. The van der Waals surface area contributed by atoms with E-state index in [4.69, 9.17) is 5.73 Å². The minimum absolute atomic E-state index is 0.180. The van der Waals surface area contributed by atoms with E-state index in [0.717, 1.165) is 0 Å². The smallest absolute Gasteiger partial charge is 0.248 e. The zero-order valence-electron chi connectivity index (χ0n) is 14.2. The van der Waals surface area contributed by atoms with Crippen LogP contribution in [0.2, 0.25) is 0 Å². The number of hydrogen-bond donors (Lipinski definition) is 2. The monoisotopic (exact) mass is 315 g/mol. The van der Waals surface area contributed by atoms with E-state index in [1.54, 1.807) is 0 Å². The first-order chi connectivity index (χ1) is 10.2. The number of aliphatic hydroxyl groups excluding tert-OH is 1. The Morgan fingerprint density at radius 1 is 1.09 bits per heavy atom. The Balaban J connectivity index is 5.14. The van der Waals surface area contributed by atoms with Crippen LogP contribution in [0.1, 0.15) is 40.0 Å². The third kappa shape index (κ3) is 5.63. The van der Waals surface area contributed by atoms with Crippen molar-refractivity contribution >= 4 is 17.7 Å². The van der Waals surface area contributed by atoms with Gasteiger partial charge in [0.1, 0.15) is 12.1 Å². The summed E-state index contributed by atoms with van der Waals surface area (Å²) >= 11 is 0.